The zero-order valence-electron chi connectivity index (χ0n) is 10.6. The summed E-state index contributed by atoms with van der Waals surface area (Å²) in [6, 6.07) is 14.4. The van der Waals surface area contributed by atoms with Gasteiger partial charge in [-0.25, -0.2) is 4.21 Å². The van der Waals surface area contributed by atoms with Crippen LogP contribution in [0.5, 0.6) is 0 Å². The maximum absolute atomic E-state index is 12.5. The molecule has 96 valence electrons. The van der Waals surface area contributed by atoms with Crippen molar-refractivity contribution in [1.82, 2.24) is 0 Å². The number of hydrogen-bond donors (Lipinski definition) is 0. The van der Waals surface area contributed by atoms with Crippen LogP contribution >= 0.6 is 0 Å². The number of benzene rings is 2. The molecule has 1 unspecified atom stereocenters. The van der Waals surface area contributed by atoms with E-state index in [0.717, 1.165) is 5.56 Å². The van der Waals surface area contributed by atoms with Gasteiger partial charge in [0.2, 0.25) is 0 Å². The molecule has 0 spiro atoms. The lowest BCUT2D eigenvalue weighted by molar-refractivity contribution is 0.104. The maximum atomic E-state index is 12.5. The number of ketones is 1. The molecule has 2 rings (SSSR count). The highest BCUT2D eigenvalue weighted by Crippen LogP contribution is 2.21. The molecule has 0 aliphatic carbocycles. The van der Waals surface area contributed by atoms with Crippen LogP contribution in [0.1, 0.15) is 15.9 Å². The van der Waals surface area contributed by atoms with Crippen molar-refractivity contribution < 1.29 is 9.00 Å². The Bertz CT molecular complexity index is 642. The average Bonchev–Trinajstić information content (AvgIpc) is 2.46. The Morgan fingerprint density at radius 1 is 1.11 bits per heavy atom. The van der Waals surface area contributed by atoms with Gasteiger partial charge in [0.25, 0.3) is 0 Å². The highest BCUT2D eigenvalue weighted by molar-refractivity contribution is 7.85. The van der Waals surface area contributed by atoms with Crippen LogP contribution in [0, 0.1) is 6.92 Å². The number of carbonyl (C=O) groups excluding carboxylic acids is 1. The van der Waals surface area contributed by atoms with Crippen LogP contribution in [-0.4, -0.2) is 9.99 Å². The highest BCUT2D eigenvalue weighted by atomic mass is 32.2. The summed E-state index contributed by atoms with van der Waals surface area (Å²) in [5, 5.41) is 0. The SMILES string of the molecule is C=CC(=O)c1ccccc1S(=O)c1ccc(C)cc1. The summed E-state index contributed by atoms with van der Waals surface area (Å²) in [4.78, 5) is 13.0. The summed E-state index contributed by atoms with van der Waals surface area (Å²) in [6.45, 7) is 5.45. The van der Waals surface area contributed by atoms with Crippen LogP contribution < -0.4 is 0 Å². The zero-order valence-corrected chi connectivity index (χ0v) is 11.4. The normalized spacial score (nSPS) is 11.8. The summed E-state index contributed by atoms with van der Waals surface area (Å²) in [7, 11) is -1.36. The maximum Gasteiger partial charge on any atom is 0.186 e. The number of hydrogen-bond acceptors (Lipinski definition) is 2. The molecule has 1 atom stereocenters. The summed E-state index contributed by atoms with van der Waals surface area (Å²) >= 11 is 0. The van der Waals surface area contributed by atoms with Crippen molar-refractivity contribution in [3.63, 3.8) is 0 Å². The van der Waals surface area contributed by atoms with Crippen molar-refractivity contribution in [2.24, 2.45) is 0 Å². The molecule has 0 heterocycles. The summed E-state index contributed by atoms with van der Waals surface area (Å²) < 4.78 is 12.5. The topological polar surface area (TPSA) is 34.1 Å². The Morgan fingerprint density at radius 3 is 2.37 bits per heavy atom. The van der Waals surface area contributed by atoms with E-state index in [1.807, 2.05) is 31.2 Å². The van der Waals surface area contributed by atoms with Gasteiger partial charge in [0, 0.05) is 10.5 Å². The van der Waals surface area contributed by atoms with Gasteiger partial charge in [-0.15, -0.1) is 0 Å². The van der Waals surface area contributed by atoms with E-state index in [9.17, 15) is 9.00 Å². The molecule has 2 aromatic rings. The van der Waals surface area contributed by atoms with Crippen molar-refractivity contribution in [2.45, 2.75) is 16.7 Å². The third kappa shape index (κ3) is 2.88. The van der Waals surface area contributed by atoms with Crippen molar-refractivity contribution >= 4 is 16.6 Å². The lowest BCUT2D eigenvalue weighted by Gasteiger charge is -2.07. The molecule has 0 fully saturated rings. The number of allylic oxidation sites excluding steroid dienone is 1. The molecule has 0 radical (unpaired) electrons. The first-order valence-electron chi connectivity index (χ1n) is 5.87. The summed E-state index contributed by atoms with van der Waals surface area (Å²) in [6.07, 6.45) is 1.24. The zero-order chi connectivity index (χ0) is 13.8. The van der Waals surface area contributed by atoms with Crippen LogP contribution in [0.4, 0.5) is 0 Å². The molecule has 19 heavy (non-hydrogen) atoms. The molecule has 0 bridgehead atoms. The van der Waals surface area contributed by atoms with Crippen LogP contribution in [0.2, 0.25) is 0 Å². The van der Waals surface area contributed by atoms with Crippen LogP contribution in [-0.2, 0) is 10.8 Å². The summed E-state index contributed by atoms with van der Waals surface area (Å²) in [5.41, 5.74) is 1.55. The van der Waals surface area contributed by atoms with Gasteiger partial charge < -0.3 is 0 Å². The predicted molar refractivity (Wildman–Crippen MR) is 76.8 cm³/mol. The summed E-state index contributed by atoms with van der Waals surface area (Å²) in [5.74, 6) is -0.212. The Balaban J connectivity index is 2.47. The van der Waals surface area contributed by atoms with Gasteiger partial charge in [0.1, 0.15) is 0 Å². The van der Waals surface area contributed by atoms with Gasteiger partial charge >= 0.3 is 0 Å². The lowest BCUT2D eigenvalue weighted by atomic mass is 10.1. The fourth-order valence-electron chi connectivity index (χ4n) is 1.73. The van der Waals surface area contributed by atoms with Gasteiger partial charge in [-0.05, 0) is 37.3 Å². The number of rotatable bonds is 4. The van der Waals surface area contributed by atoms with Crippen molar-refractivity contribution in [3.05, 3.63) is 72.3 Å². The Labute approximate surface area is 115 Å². The predicted octanol–water partition coefficient (Wildman–Crippen LogP) is 3.53. The van der Waals surface area contributed by atoms with Gasteiger partial charge in [0.05, 0.1) is 15.7 Å². The lowest BCUT2D eigenvalue weighted by Crippen LogP contribution is -2.03. The molecule has 0 aliphatic rings. The van der Waals surface area contributed by atoms with Crippen molar-refractivity contribution in [1.29, 1.82) is 0 Å². The molecule has 0 saturated heterocycles. The minimum absolute atomic E-state index is 0.212. The van der Waals surface area contributed by atoms with E-state index in [1.54, 1.807) is 24.3 Å². The number of carbonyl (C=O) groups is 1. The van der Waals surface area contributed by atoms with E-state index in [0.29, 0.717) is 15.4 Å². The van der Waals surface area contributed by atoms with E-state index in [2.05, 4.69) is 6.58 Å². The van der Waals surface area contributed by atoms with Crippen LogP contribution in [0.25, 0.3) is 0 Å². The minimum atomic E-state index is -1.36. The molecular weight excluding hydrogens is 256 g/mol. The first kappa shape index (κ1) is 13.4. The first-order valence-corrected chi connectivity index (χ1v) is 7.02. The minimum Gasteiger partial charge on any atom is -0.289 e. The largest absolute Gasteiger partial charge is 0.289 e. The smallest absolute Gasteiger partial charge is 0.186 e. The van der Waals surface area contributed by atoms with E-state index < -0.39 is 10.8 Å². The molecule has 0 aromatic heterocycles. The second-order valence-corrected chi connectivity index (χ2v) is 5.60. The molecule has 2 nitrogen and oxygen atoms in total. The van der Waals surface area contributed by atoms with E-state index >= 15 is 0 Å². The monoisotopic (exact) mass is 270 g/mol. The molecular formula is C16H14O2S. The van der Waals surface area contributed by atoms with Gasteiger partial charge in [0.15, 0.2) is 5.78 Å². The van der Waals surface area contributed by atoms with Crippen molar-refractivity contribution in [3.8, 4) is 0 Å². The first-order chi connectivity index (χ1) is 9.13. The van der Waals surface area contributed by atoms with E-state index in [1.165, 1.54) is 6.08 Å². The molecule has 3 heteroatoms. The fraction of sp³-hybridized carbons (Fsp3) is 0.0625. The standard InChI is InChI=1S/C16H14O2S/c1-3-15(17)14-6-4-5-7-16(14)19(18)13-10-8-12(2)9-11-13/h3-11H,1H2,2H3. The molecule has 0 N–H and O–H groups in total. The van der Waals surface area contributed by atoms with Gasteiger partial charge in [-0.3, -0.25) is 4.79 Å². The third-order valence-electron chi connectivity index (χ3n) is 2.77. The quantitative estimate of drug-likeness (QED) is 0.629. The fourth-order valence-corrected chi connectivity index (χ4v) is 2.94. The molecule has 0 amide bonds. The van der Waals surface area contributed by atoms with E-state index in [-0.39, 0.29) is 5.78 Å². The molecule has 2 aromatic carbocycles. The van der Waals surface area contributed by atoms with Gasteiger partial charge in [-0.2, -0.15) is 0 Å². The van der Waals surface area contributed by atoms with Gasteiger partial charge in [-0.1, -0.05) is 36.4 Å². The number of aryl methyl sites for hydroxylation is 1. The Kier molecular flexibility index (Phi) is 4.07. The Morgan fingerprint density at radius 2 is 1.74 bits per heavy atom. The van der Waals surface area contributed by atoms with Crippen LogP contribution in [0.15, 0.2) is 71.0 Å². The highest BCUT2D eigenvalue weighted by Gasteiger charge is 2.14. The van der Waals surface area contributed by atoms with E-state index in [4.69, 9.17) is 0 Å². The second kappa shape index (κ2) is 5.76. The van der Waals surface area contributed by atoms with Crippen LogP contribution in [0.3, 0.4) is 0 Å². The Hall–Kier alpha value is -2.00. The second-order valence-electron chi connectivity index (χ2n) is 4.15. The van der Waals surface area contributed by atoms with Crippen molar-refractivity contribution in [2.75, 3.05) is 0 Å². The average molecular weight is 270 g/mol. The molecule has 0 saturated carbocycles. The third-order valence-corrected chi connectivity index (χ3v) is 4.23. The molecule has 0 aliphatic heterocycles.